The van der Waals surface area contributed by atoms with Crippen molar-refractivity contribution in [3.8, 4) is 5.75 Å². The minimum absolute atomic E-state index is 0.0898. The molecule has 0 bridgehead atoms. The molecule has 7 nitrogen and oxygen atoms in total. The molecule has 0 aliphatic heterocycles. The van der Waals surface area contributed by atoms with Crippen LogP contribution in [0.3, 0.4) is 0 Å². The highest BCUT2D eigenvalue weighted by Gasteiger charge is 2.16. The number of benzene rings is 2. The molecule has 2 aromatic carbocycles. The molecule has 0 unspecified atom stereocenters. The highest BCUT2D eigenvalue weighted by molar-refractivity contribution is 7.80. The maximum absolute atomic E-state index is 12.5. The fraction of sp³-hybridized carbons (Fsp3) is 0.0952. The van der Waals surface area contributed by atoms with Crippen LogP contribution < -0.4 is 20.7 Å². The van der Waals surface area contributed by atoms with Crippen molar-refractivity contribution in [1.82, 2.24) is 5.32 Å². The molecule has 0 saturated heterocycles. The Bertz CT molecular complexity index is 1100. The molecule has 154 valence electrons. The molecule has 0 saturated carbocycles. The zero-order valence-electron chi connectivity index (χ0n) is 16.1. The van der Waals surface area contributed by atoms with E-state index in [4.69, 9.17) is 33.0 Å². The Kier molecular flexibility index (Phi) is 6.71. The fourth-order valence-electron chi connectivity index (χ4n) is 2.72. The molecule has 1 aromatic heterocycles. The van der Waals surface area contributed by atoms with Crippen molar-refractivity contribution < 1.29 is 18.7 Å². The van der Waals surface area contributed by atoms with Crippen LogP contribution in [0.5, 0.6) is 5.75 Å². The summed E-state index contributed by atoms with van der Waals surface area (Å²) in [5.41, 5.74) is 2.15. The number of anilines is 2. The second kappa shape index (κ2) is 9.43. The van der Waals surface area contributed by atoms with Gasteiger partial charge in [0.25, 0.3) is 11.8 Å². The van der Waals surface area contributed by atoms with E-state index in [-0.39, 0.29) is 15.9 Å². The Morgan fingerprint density at radius 3 is 2.53 bits per heavy atom. The minimum atomic E-state index is -0.419. The molecule has 3 aromatic rings. The fourth-order valence-corrected chi connectivity index (χ4v) is 3.16. The van der Waals surface area contributed by atoms with Crippen molar-refractivity contribution in [1.29, 1.82) is 0 Å². The van der Waals surface area contributed by atoms with E-state index in [0.29, 0.717) is 22.7 Å². The van der Waals surface area contributed by atoms with Gasteiger partial charge >= 0.3 is 0 Å². The molecule has 30 heavy (non-hydrogen) atoms. The van der Waals surface area contributed by atoms with E-state index in [0.717, 1.165) is 5.56 Å². The number of ether oxygens (including phenoxy) is 1. The van der Waals surface area contributed by atoms with Gasteiger partial charge in [0.2, 0.25) is 0 Å². The molecule has 0 aliphatic carbocycles. The van der Waals surface area contributed by atoms with Crippen LogP contribution in [0.4, 0.5) is 11.4 Å². The van der Waals surface area contributed by atoms with Gasteiger partial charge in [-0.3, -0.25) is 14.9 Å². The van der Waals surface area contributed by atoms with Crippen molar-refractivity contribution in [2.24, 2.45) is 0 Å². The third-order valence-corrected chi connectivity index (χ3v) is 4.62. The van der Waals surface area contributed by atoms with Crippen LogP contribution in [0.2, 0.25) is 5.02 Å². The first-order valence-electron chi connectivity index (χ1n) is 8.79. The Balaban J connectivity index is 1.64. The highest BCUT2D eigenvalue weighted by Crippen LogP contribution is 2.26. The van der Waals surface area contributed by atoms with Gasteiger partial charge in [-0.05, 0) is 61.1 Å². The van der Waals surface area contributed by atoms with Crippen molar-refractivity contribution in [3.05, 3.63) is 76.7 Å². The molecular formula is C21H18ClN3O4S. The number of halogens is 1. The van der Waals surface area contributed by atoms with Crippen LogP contribution in [0.1, 0.15) is 26.5 Å². The van der Waals surface area contributed by atoms with E-state index < -0.39 is 11.8 Å². The number of carbonyl (C=O) groups is 2. The third kappa shape index (κ3) is 4.97. The van der Waals surface area contributed by atoms with Gasteiger partial charge in [-0.1, -0.05) is 23.7 Å². The second-order valence-electron chi connectivity index (χ2n) is 6.19. The van der Waals surface area contributed by atoms with Crippen LogP contribution >= 0.6 is 23.8 Å². The lowest BCUT2D eigenvalue weighted by atomic mass is 10.1. The summed E-state index contributed by atoms with van der Waals surface area (Å²) in [6, 6.07) is 13.3. The summed E-state index contributed by atoms with van der Waals surface area (Å²) in [5, 5.41) is 8.53. The van der Waals surface area contributed by atoms with Crippen LogP contribution in [-0.2, 0) is 0 Å². The van der Waals surface area contributed by atoms with E-state index in [2.05, 4.69) is 16.0 Å². The van der Waals surface area contributed by atoms with Gasteiger partial charge in [-0.25, -0.2) is 0 Å². The number of nitrogens with one attached hydrogen (secondary N) is 3. The zero-order valence-corrected chi connectivity index (χ0v) is 17.7. The molecule has 3 rings (SSSR count). The Morgan fingerprint density at radius 1 is 1.07 bits per heavy atom. The number of para-hydroxylation sites is 1. The van der Waals surface area contributed by atoms with Crippen molar-refractivity contribution in [2.75, 3.05) is 17.7 Å². The zero-order chi connectivity index (χ0) is 21.7. The predicted molar refractivity (Wildman–Crippen MR) is 120 cm³/mol. The van der Waals surface area contributed by atoms with Crippen LogP contribution in [-0.4, -0.2) is 24.0 Å². The number of aryl methyl sites for hydroxylation is 1. The molecule has 9 heteroatoms. The van der Waals surface area contributed by atoms with Crippen molar-refractivity contribution in [3.63, 3.8) is 0 Å². The maximum Gasteiger partial charge on any atom is 0.291 e. The van der Waals surface area contributed by atoms with Gasteiger partial charge in [-0.15, -0.1) is 0 Å². The average molecular weight is 444 g/mol. The summed E-state index contributed by atoms with van der Waals surface area (Å²) in [7, 11) is 1.50. The summed E-state index contributed by atoms with van der Waals surface area (Å²) in [5.74, 6) is -0.166. The molecule has 0 atom stereocenters. The Labute approximate surface area is 183 Å². The lowest BCUT2D eigenvalue weighted by Crippen LogP contribution is -2.34. The van der Waals surface area contributed by atoms with Gasteiger partial charge in [0.1, 0.15) is 5.75 Å². The lowest BCUT2D eigenvalue weighted by molar-refractivity contribution is 0.0972. The van der Waals surface area contributed by atoms with E-state index in [9.17, 15) is 9.59 Å². The predicted octanol–water partition coefficient (Wildman–Crippen LogP) is 4.63. The largest absolute Gasteiger partial charge is 0.496 e. The molecule has 1 heterocycles. The summed E-state index contributed by atoms with van der Waals surface area (Å²) in [6.45, 7) is 1.85. The molecule has 3 N–H and O–H groups in total. The smallest absolute Gasteiger partial charge is 0.291 e. The molecule has 0 aliphatic rings. The molecule has 0 spiro atoms. The maximum atomic E-state index is 12.5. The van der Waals surface area contributed by atoms with Gasteiger partial charge in [-0.2, -0.15) is 0 Å². The first kappa shape index (κ1) is 21.4. The first-order valence-corrected chi connectivity index (χ1v) is 9.58. The number of carbonyl (C=O) groups excluding carboxylic acids is 2. The van der Waals surface area contributed by atoms with Gasteiger partial charge in [0, 0.05) is 5.69 Å². The van der Waals surface area contributed by atoms with Crippen molar-refractivity contribution in [2.45, 2.75) is 6.92 Å². The molecule has 2 amide bonds. The number of furan rings is 1. The summed E-state index contributed by atoms with van der Waals surface area (Å²) < 4.78 is 10.3. The third-order valence-electron chi connectivity index (χ3n) is 4.11. The number of methoxy groups -OCH3 is 1. The van der Waals surface area contributed by atoms with Gasteiger partial charge in [0.05, 0.1) is 29.6 Å². The summed E-state index contributed by atoms with van der Waals surface area (Å²) >= 11 is 11.5. The topological polar surface area (TPSA) is 92.6 Å². The van der Waals surface area contributed by atoms with E-state index >= 15 is 0 Å². The number of hydrogen-bond donors (Lipinski definition) is 3. The molecule has 0 radical (unpaired) electrons. The summed E-state index contributed by atoms with van der Waals surface area (Å²) in [6.07, 6.45) is 1.41. The SMILES string of the molecule is COc1c(C)cccc1C(=O)NC(=S)Nc1ccc(NC(=O)c2ccco2)c(Cl)c1. The standard InChI is InChI=1S/C21H18ClN3O4S/c1-12-5-3-6-14(18(12)28-2)19(26)25-21(30)23-13-8-9-16(15(22)11-13)24-20(27)17-7-4-10-29-17/h3-11H,1-2H3,(H,24,27)(H2,23,25,26,30). The number of rotatable bonds is 5. The van der Waals surface area contributed by atoms with Crippen LogP contribution in [0.15, 0.2) is 59.2 Å². The molecular weight excluding hydrogens is 426 g/mol. The number of thiocarbonyl (C=S) groups is 1. The lowest BCUT2D eigenvalue weighted by Gasteiger charge is -2.14. The highest BCUT2D eigenvalue weighted by atomic mass is 35.5. The quantitative estimate of drug-likeness (QED) is 0.498. The number of hydrogen-bond acceptors (Lipinski definition) is 5. The van der Waals surface area contributed by atoms with Crippen molar-refractivity contribution >= 4 is 52.1 Å². The minimum Gasteiger partial charge on any atom is -0.496 e. The van der Waals surface area contributed by atoms with Crippen LogP contribution in [0.25, 0.3) is 0 Å². The monoisotopic (exact) mass is 443 g/mol. The van der Waals surface area contributed by atoms with Gasteiger partial charge in [0.15, 0.2) is 10.9 Å². The normalized spacial score (nSPS) is 10.2. The Morgan fingerprint density at radius 2 is 1.87 bits per heavy atom. The average Bonchev–Trinajstić information content (AvgIpc) is 3.24. The first-order chi connectivity index (χ1) is 14.4. The van der Waals surface area contributed by atoms with Crippen LogP contribution in [0, 0.1) is 6.92 Å². The van der Waals surface area contributed by atoms with E-state index in [1.165, 1.54) is 13.4 Å². The van der Waals surface area contributed by atoms with E-state index in [1.54, 1.807) is 42.5 Å². The number of amides is 2. The van der Waals surface area contributed by atoms with Gasteiger partial charge < -0.3 is 19.8 Å². The second-order valence-corrected chi connectivity index (χ2v) is 7.01. The molecule has 0 fully saturated rings. The summed E-state index contributed by atoms with van der Waals surface area (Å²) in [4.78, 5) is 24.6. The van der Waals surface area contributed by atoms with E-state index in [1.807, 2.05) is 13.0 Å². The Hall–Kier alpha value is -3.36.